The Kier molecular flexibility index (Phi) is 4.54. The molecule has 0 saturated carbocycles. The Hall–Kier alpha value is -3.20. The van der Waals surface area contributed by atoms with Crippen molar-refractivity contribution in [2.75, 3.05) is 47.8 Å². The summed E-state index contributed by atoms with van der Waals surface area (Å²) in [6, 6.07) is 3.08. The Balaban J connectivity index is 1.43. The Labute approximate surface area is 173 Å². The van der Waals surface area contributed by atoms with Crippen molar-refractivity contribution >= 4 is 34.3 Å². The molecule has 3 aromatic rings. The van der Waals surface area contributed by atoms with Gasteiger partial charge in [-0.1, -0.05) is 0 Å². The molecule has 0 spiro atoms. The van der Waals surface area contributed by atoms with Gasteiger partial charge in [-0.15, -0.1) is 0 Å². The fourth-order valence-corrected chi connectivity index (χ4v) is 4.26. The molecule has 0 unspecified atom stereocenters. The molecule has 2 N–H and O–H groups in total. The summed E-state index contributed by atoms with van der Waals surface area (Å²) >= 11 is 0. The average molecular weight is 410 g/mol. The van der Waals surface area contributed by atoms with Gasteiger partial charge in [-0.05, 0) is 19.4 Å². The van der Waals surface area contributed by atoms with E-state index in [1.54, 1.807) is 24.9 Å². The highest BCUT2D eigenvalue weighted by Gasteiger charge is 2.30. The van der Waals surface area contributed by atoms with Gasteiger partial charge in [0, 0.05) is 68.7 Å². The summed E-state index contributed by atoms with van der Waals surface area (Å²) in [5, 5.41) is 6.05. The number of oxazole rings is 1. The molecule has 30 heavy (non-hydrogen) atoms. The number of aryl methyl sites for hydroxylation is 2. The number of amides is 2. The minimum atomic E-state index is -0.508. The van der Waals surface area contributed by atoms with E-state index in [0.29, 0.717) is 34.9 Å². The van der Waals surface area contributed by atoms with Gasteiger partial charge in [0.15, 0.2) is 17.3 Å². The van der Waals surface area contributed by atoms with Gasteiger partial charge in [-0.25, -0.2) is 19.2 Å². The van der Waals surface area contributed by atoms with E-state index in [1.165, 1.54) is 6.07 Å². The summed E-state index contributed by atoms with van der Waals surface area (Å²) in [5.74, 6) is 0.581. The van der Waals surface area contributed by atoms with E-state index in [0.717, 1.165) is 43.9 Å². The fourth-order valence-electron chi connectivity index (χ4n) is 4.26. The van der Waals surface area contributed by atoms with E-state index >= 15 is 0 Å². The van der Waals surface area contributed by atoms with Gasteiger partial charge in [0.2, 0.25) is 0 Å². The fraction of sp³-hybridized carbons (Fsp3) is 0.381. The molecule has 2 aliphatic rings. The zero-order chi connectivity index (χ0) is 20.8. The van der Waals surface area contributed by atoms with Crippen molar-refractivity contribution < 1.29 is 13.6 Å². The molecule has 1 saturated heterocycles. The van der Waals surface area contributed by atoms with Gasteiger partial charge in [-0.2, -0.15) is 0 Å². The second-order valence-electron chi connectivity index (χ2n) is 7.64. The second-order valence-corrected chi connectivity index (χ2v) is 7.64. The topological polar surface area (TPSA) is 86.5 Å². The van der Waals surface area contributed by atoms with E-state index in [9.17, 15) is 9.18 Å². The number of carbonyl (C=O) groups is 1. The molecule has 0 aliphatic carbocycles. The smallest absolute Gasteiger partial charge is 0.327 e. The predicted octanol–water partition coefficient (Wildman–Crippen LogP) is 2.98. The standard InChI is InChI=1S/C21H23FN6O2/c1-12-18(22)15(11-17-19(12)25-13(2)30-17)26-21(29)28-8-4-14-16(3-5-24-20(14)28)27-9-6-23-7-10-27/h3,5,11,23H,4,6-10H2,1-2H3,(H,26,29). The second kappa shape index (κ2) is 7.24. The zero-order valence-corrected chi connectivity index (χ0v) is 17.0. The Bertz CT molecular complexity index is 1140. The number of fused-ring (bicyclic) bond motifs is 2. The molecule has 0 atom stereocenters. The number of benzene rings is 1. The van der Waals surface area contributed by atoms with Crippen molar-refractivity contribution in [3.63, 3.8) is 0 Å². The summed E-state index contributed by atoms with van der Waals surface area (Å²) in [4.78, 5) is 25.6. The molecule has 2 amide bonds. The number of halogens is 1. The summed E-state index contributed by atoms with van der Waals surface area (Å²) in [5.41, 5.74) is 3.53. The van der Waals surface area contributed by atoms with Crippen LogP contribution in [-0.2, 0) is 6.42 Å². The van der Waals surface area contributed by atoms with Crippen LogP contribution in [0.2, 0.25) is 0 Å². The first kappa shape index (κ1) is 18.8. The Morgan fingerprint density at radius 2 is 2.07 bits per heavy atom. The van der Waals surface area contributed by atoms with Crippen LogP contribution in [-0.4, -0.2) is 48.7 Å². The van der Waals surface area contributed by atoms with Crippen molar-refractivity contribution in [1.82, 2.24) is 15.3 Å². The maximum Gasteiger partial charge on any atom is 0.327 e. The van der Waals surface area contributed by atoms with E-state index in [2.05, 4.69) is 25.5 Å². The summed E-state index contributed by atoms with van der Waals surface area (Å²) in [6.07, 6.45) is 2.45. The number of hydrogen-bond donors (Lipinski definition) is 2. The maximum atomic E-state index is 14.8. The van der Waals surface area contributed by atoms with Gasteiger partial charge in [0.1, 0.15) is 11.3 Å². The van der Waals surface area contributed by atoms with Crippen LogP contribution in [0.15, 0.2) is 22.7 Å². The number of anilines is 3. The van der Waals surface area contributed by atoms with E-state index in [4.69, 9.17) is 4.42 Å². The molecule has 2 aliphatic heterocycles. The molecule has 2 aromatic heterocycles. The van der Waals surface area contributed by atoms with E-state index in [-0.39, 0.29) is 5.69 Å². The number of aromatic nitrogens is 2. The third-order valence-electron chi connectivity index (χ3n) is 5.75. The quantitative estimate of drug-likeness (QED) is 0.676. The van der Waals surface area contributed by atoms with Crippen molar-refractivity contribution in [1.29, 1.82) is 0 Å². The van der Waals surface area contributed by atoms with E-state index in [1.807, 2.05) is 6.07 Å². The number of nitrogens with one attached hydrogen (secondary N) is 2. The lowest BCUT2D eigenvalue weighted by Gasteiger charge is -2.31. The van der Waals surface area contributed by atoms with Gasteiger partial charge in [0.05, 0.1) is 5.69 Å². The summed E-state index contributed by atoms with van der Waals surface area (Å²) in [6.45, 7) is 7.54. The molecular weight excluding hydrogens is 387 g/mol. The Morgan fingerprint density at radius 3 is 2.87 bits per heavy atom. The Morgan fingerprint density at radius 1 is 1.27 bits per heavy atom. The zero-order valence-electron chi connectivity index (χ0n) is 17.0. The molecule has 156 valence electrons. The SMILES string of the molecule is Cc1nc2c(C)c(F)c(NC(=O)N3CCc4c(N5CCNCC5)ccnc43)cc2o1. The average Bonchev–Trinajstić information content (AvgIpc) is 3.35. The van der Waals surface area contributed by atoms with Gasteiger partial charge in [0.25, 0.3) is 0 Å². The first-order valence-electron chi connectivity index (χ1n) is 10.1. The van der Waals surface area contributed by atoms with Crippen molar-refractivity contribution in [3.05, 3.63) is 41.2 Å². The third-order valence-corrected chi connectivity index (χ3v) is 5.75. The molecule has 1 aromatic carbocycles. The van der Waals surface area contributed by atoms with Crippen LogP contribution >= 0.6 is 0 Å². The minimum Gasteiger partial charge on any atom is -0.441 e. The van der Waals surface area contributed by atoms with Gasteiger partial charge in [-0.3, -0.25) is 4.90 Å². The number of piperazine rings is 1. The summed E-state index contributed by atoms with van der Waals surface area (Å²) < 4.78 is 20.4. The van der Waals surface area contributed by atoms with Crippen LogP contribution in [0.25, 0.3) is 11.1 Å². The highest BCUT2D eigenvalue weighted by molar-refractivity contribution is 6.04. The molecule has 1 fully saturated rings. The van der Waals surface area contributed by atoms with Crippen LogP contribution in [0.3, 0.4) is 0 Å². The largest absolute Gasteiger partial charge is 0.441 e. The number of pyridine rings is 1. The van der Waals surface area contributed by atoms with Crippen LogP contribution in [0.5, 0.6) is 0 Å². The van der Waals surface area contributed by atoms with Gasteiger partial charge < -0.3 is 20.0 Å². The molecule has 4 heterocycles. The molecule has 0 radical (unpaired) electrons. The lowest BCUT2D eigenvalue weighted by Crippen LogP contribution is -2.43. The van der Waals surface area contributed by atoms with Gasteiger partial charge >= 0.3 is 6.03 Å². The molecule has 9 heteroatoms. The number of carbonyl (C=O) groups excluding carboxylic acids is 1. The van der Waals surface area contributed by atoms with Crippen molar-refractivity contribution in [2.45, 2.75) is 20.3 Å². The van der Waals surface area contributed by atoms with Crippen LogP contribution < -0.4 is 20.4 Å². The lowest BCUT2D eigenvalue weighted by molar-refractivity contribution is 0.257. The minimum absolute atomic E-state index is 0.0767. The van der Waals surface area contributed by atoms with Crippen LogP contribution in [0.4, 0.5) is 26.4 Å². The molecular formula is C21H23FN6O2. The maximum absolute atomic E-state index is 14.8. The molecule has 8 nitrogen and oxygen atoms in total. The normalized spacial score (nSPS) is 16.2. The van der Waals surface area contributed by atoms with Crippen molar-refractivity contribution in [2.24, 2.45) is 0 Å². The molecule has 0 bridgehead atoms. The highest BCUT2D eigenvalue weighted by atomic mass is 19.1. The van der Waals surface area contributed by atoms with E-state index < -0.39 is 11.8 Å². The van der Waals surface area contributed by atoms with Crippen LogP contribution in [0, 0.1) is 19.7 Å². The number of urea groups is 1. The van der Waals surface area contributed by atoms with Crippen molar-refractivity contribution in [3.8, 4) is 0 Å². The number of hydrogen-bond acceptors (Lipinski definition) is 6. The predicted molar refractivity (Wildman–Crippen MR) is 113 cm³/mol. The van der Waals surface area contributed by atoms with Crippen LogP contribution in [0.1, 0.15) is 17.0 Å². The first-order valence-corrected chi connectivity index (χ1v) is 10.1. The lowest BCUT2D eigenvalue weighted by atomic mass is 10.1. The first-order chi connectivity index (χ1) is 14.5. The number of rotatable bonds is 2. The number of nitrogens with zero attached hydrogens (tertiary/aromatic N) is 4. The molecule has 5 rings (SSSR count). The monoisotopic (exact) mass is 410 g/mol. The summed E-state index contributed by atoms with van der Waals surface area (Å²) in [7, 11) is 0. The third kappa shape index (κ3) is 3.06. The highest BCUT2D eigenvalue weighted by Crippen LogP contribution is 2.35.